The van der Waals surface area contributed by atoms with Crippen molar-refractivity contribution >= 4 is 18.2 Å². The molecule has 0 aliphatic heterocycles. The number of amides is 1. The SMILES string of the molecule is Cc1cc(C(=O)NN=CC=Cc2ccco2)c(C)o1. The lowest BCUT2D eigenvalue weighted by atomic mass is 10.2. The maximum absolute atomic E-state index is 11.7. The molecule has 2 rings (SSSR count). The maximum atomic E-state index is 11.7. The lowest BCUT2D eigenvalue weighted by molar-refractivity contribution is 0.0953. The summed E-state index contributed by atoms with van der Waals surface area (Å²) >= 11 is 0. The van der Waals surface area contributed by atoms with Gasteiger partial charge in [0, 0.05) is 6.21 Å². The zero-order chi connectivity index (χ0) is 13.7. The number of nitrogens with one attached hydrogen (secondary N) is 1. The molecule has 5 nitrogen and oxygen atoms in total. The van der Waals surface area contributed by atoms with Crippen LogP contribution < -0.4 is 5.43 Å². The second-order valence-electron chi connectivity index (χ2n) is 3.92. The third kappa shape index (κ3) is 3.45. The maximum Gasteiger partial charge on any atom is 0.274 e. The van der Waals surface area contributed by atoms with Gasteiger partial charge in [-0.3, -0.25) is 4.79 Å². The van der Waals surface area contributed by atoms with Crippen molar-refractivity contribution in [2.45, 2.75) is 13.8 Å². The van der Waals surface area contributed by atoms with Crippen molar-refractivity contribution in [3.8, 4) is 0 Å². The number of nitrogens with zero attached hydrogens (tertiary/aromatic N) is 1. The fraction of sp³-hybridized carbons (Fsp3) is 0.143. The number of rotatable bonds is 4. The van der Waals surface area contributed by atoms with Crippen molar-refractivity contribution < 1.29 is 13.6 Å². The topological polar surface area (TPSA) is 67.7 Å². The zero-order valence-corrected chi connectivity index (χ0v) is 10.7. The molecule has 0 unspecified atom stereocenters. The monoisotopic (exact) mass is 258 g/mol. The van der Waals surface area contributed by atoms with E-state index in [0.29, 0.717) is 17.1 Å². The molecule has 1 N–H and O–H groups in total. The van der Waals surface area contributed by atoms with Crippen LogP contribution >= 0.6 is 0 Å². The first-order valence-corrected chi connectivity index (χ1v) is 5.77. The number of hydrogen-bond acceptors (Lipinski definition) is 4. The van der Waals surface area contributed by atoms with Crippen LogP contribution in [0.2, 0.25) is 0 Å². The van der Waals surface area contributed by atoms with Gasteiger partial charge in [0.1, 0.15) is 17.3 Å². The molecule has 0 saturated heterocycles. The number of allylic oxidation sites excluding steroid dienone is 1. The van der Waals surface area contributed by atoms with E-state index < -0.39 is 0 Å². The van der Waals surface area contributed by atoms with Crippen LogP contribution in [0.1, 0.15) is 27.6 Å². The van der Waals surface area contributed by atoms with Crippen LogP contribution in [0.15, 0.2) is 44.5 Å². The number of aryl methyl sites for hydroxylation is 2. The summed E-state index contributed by atoms with van der Waals surface area (Å²) in [6, 6.07) is 5.29. The Morgan fingerprint density at radius 3 is 2.89 bits per heavy atom. The molecule has 0 radical (unpaired) electrons. The molecule has 0 spiro atoms. The molecule has 0 aliphatic rings. The summed E-state index contributed by atoms with van der Waals surface area (Å²) in [7, 11) is 0. The molecule has 0 fully saturated rings. The van der Waals surface area contributed by atoms with Crippen LogP contribution in [0, 0.1) is 13.8 Å². The van der Waals surface area contributed by atoms with Crippen LogP contribution in [0.4, 0.5) is 0 Å². The van der Waals surface area contributed by atoms with E-state index in [4.69, 9.17) is 8.83 Å². The van der Waals surface area contributed by atoms with Gasteiger partial charge in [0.25, 0.3) is 5.91 Å². The van der Waals surface area contributed by atoms with Gasteiger partial charge in [0.05, 0.1) is 11.8 Å². The summed E-state index contributed by atoms with van der Waals surface area (Å²) in [5.41, 5.74) is 2.91. The number of hydrogen-bond donors (Lipinski definition) is 1. The Morgan fingerprint density at radius 1 is 1.42 bits per heavy atom. The molecule has 0 aliphatic carbocycles. The molecule has 98 valence electrons. The standard InChI is InChI=1S/C14H14N2O3/c1-10-9-13(11(2)19-10)14(17)16-15-7-3-5-12-6-4-8-18-12/h3-9H,1-2H3,(H,16,17). The van der Waals surface area contributed by atoms with Gasteiger partial charge in [-0.25, -0.2) is 5.43 Å². The lowest BCUT2D eigenvalue weighted by Crippen LogP contribution is -2.17. The van der Waals surface area contributed by atoms with Crippen LogP contribution in [0.25, 0.3) is 6.08 Å². The van der Waals surface area contributed by atoms with E-state index in [9.17, 15) is 4.79 Å². The summed E-state index contributed by atoms with van der Waals surface area (Å²) in [6.45, 7) is 3.53. The van der Waals surface area contributed by atoms with Gasteiger partial charge in [-0.2, -0.15) is 5.10 Å². The van der Waals surface area contributed by atoms with E-state index in [1.807, 2.05) is 6.07 Å². The Morgan fingerprint density at radius 2 is 2.26 bits per heavy atom. The van der Waals surface area contributed by atoms with Gasteiger partial charge in [0.15, 0.2) is 0 Å². The Balaban J connectivity index is 1.88. The van der Waals surface area contributed by atoms with Gasteiger partial charge in [0.2, 0.25) is 0 Å². The van der Waals surface area contributed by atoms with Crippen molar-refractivity contribution in [3.05, 3.63) is 53.4 Å². The highest BCUT2D eigenvalue weighted by atomic mass is 16.3. The third-order valence-electron chi connectivity index (χ3n) is 2.42. The second-order valence-corrected chi connectivity index (χ2v) is 3.92. The van der Waals surface area contributed by atoms with E-state index in [1.54, 1.807) is 44.4 Å². The number of carbonyl (C=O) groups is 1. The highest BCUT2D eigenvalue weighted by molar-refractivity contribution is 5.95. The fourth-order valence-corrected chi connectivity index (χ4v) is 1.58. The fourth-order valence-electron chi connectivity index (χ4n) is 1.58. The van der Waals surface area contributed by atoms with Crippen LogP contribution in [0.3, 0.4) is 0 Å². The average molecular weight is 258 g/mol. The highest BCUT2D eigenvalue weighted by Gasteiger charge is 2.12. The normalized spacial score (nSPS) is 11.5. The van der Waals surface area contributed by atoms with Gasteiger partial charge in [-0.1, -0.05) is 0 Å². The van der Waals surface area contributed by atoms with E-state index >= 15 is 0 Å². The van der Waals surface area contributed by atoms with Gasteiger partial charge in [-0.15, -0.1) is 0 Å². The first-order chi connectivity index (χ1) is 9.16. The number of furan rings is 2. The Kier molecular flexibility index (Phi) is 3.97. The van der Waals surface area contributed by atoms with E-state index in [1.165, 1.54) is 6.21 Å². The molecule has 0 saturated carbocycles. The van der Waals surface area contributed by atoms with E-state index in [-0.39, 0.29) is 5.91 Å². The molecular formula is C14H14N2O3. The van der Waals surface area contributed by atoms with Crippen molar-refractivity contribution in [3.63, 3.8) is 0 Å². The van der Waals surface area contributed by atoms with Crippen LogP contribution in [0.5, 0.6) is 0 Å². The molecule has 2 aromatic rings. The number of hydrazone groups is 1. The molecular weight excluding hydrogens is 244 g/mol. The molecule has 5 heteroatoms. The van der Waals surface area contributed by atoms with E-state index in [2.05, 4.69) is 10.5 Å². The van der Waals surface area contributed by atoms with Gasteiger partial charge >= 0.3 is 0 Å². The van der Waals surface area contributed by atoms with Crippen molar-refractivity contribution in [1.29, 1.82) is 0 Å². The van der Waals surface area contributed by atoms with Gasteiger partial charge < -0.3 is 8.83 Å². The Bertz CT molecular complexity index is 607. The highest BCUT2D eigenvalue weighted by Crippen LogP contribution is 2.13. The quantitative estimate of drug-likeness (QED) is 0.677. The molecule has 1 amide bonds. The summed E-state index contributed by atoms with van der Waals surface area (Å²) in [6.07, 6.45) is 6.47. The van der Waals surface area contributed by atoms with Crippen molar-refractivity contribution in [1.82, 2.24) is 5.43 Å². The Hall–Kier alpha value is -2.56. The minimum absolute atomic E-state index is 0.294. The lowest BCUT2D eigenvalue weighted by Gasteiger charge is -1.95. The Labute approximate surface area is 110 Å². The van der Waals surface area contributed by atoms with Crippen LogP contribution in [-0.2, 0) is 0 Å². The average Bonchev–Trinajstić information content (AvgIpc) is 2.98. The minimum atomic E-state index is -0.294. The van der Waals surface area contributed by atoms with Crippen LogP contribution in [-0.4, -0.2) is 12.1 Å². The van der Waals surface area contributed by atoms with Crippen molar-refractivity contribution in [2.24, 2.45) is 5.10 Å². The zero-order valence-electron chi connectivity index (χ0n) is 10.7. The predicted molar refractivity (Wildman–Crippen MR) is 71.9 cm³/mol. The second kappa shape index (κ2) is 5.86. The third-order valence-corrected chi connectivity index (χ3v) is 2.42. The summed E-state index contributed by atoms with van der Waals surface area (Å²) in [5, 5.41) is 3.80. The first-order valence-electron chi connectivity index (χ1n) is 5.77. The summed E-state index contributed by atoms with van der Waals surface area (Å²) < 4.78 is 10.4. The smallest absolute Gasteiger partial charge is 0.274 e. The summed E-state index contributed by atoms with van der Waals surface area (Å²) in [5.74, 6) is 1.71. The first kappa shape index (κ1) is 12.9. The molecule has 0 atom stereocenters. The minimum Gasteiger partial charge on any atom is -0.466 e. The van der Waals surface area contributed by atoms with Crippen molar-refractivity contribution in [2.75, 3.05) is 0 Å². The molecule has 0 bridgehead atoms. The largest absolute Gasteiger partial charge is 0.466 e. The molecule has 2 aromatic heterocycles. The summed E-state index contributed by atoms with van der Waals surface area (Å²) in [4.78, 5) is 11.7. The number of carbonyl (C=O) groups excluding carboxylic acids is 1. The molecule has 0 aromatic carbocycles. The molecule has 2 heterocycles. The van der Waals surface area contributed by atoms with Gasteiger partial charge in [-0.05, 0) is 44.2 Å². The van der Waals surface area contributed by atoms with E-state index in [0.717, 1.165) is 5.76 Å². The molecule has 19 heavy (non-hydrogen) atoms. The predicted octanol–water partition coefficient (Wildman–Crippen LogP) is 2.92.